The highest BCUT2D eigenvalue weighted by molar-refractivity contribution is 7.70. The van der Waals surface area contributed by atoms with E-state index in [1.807, 2.05) is 50.2 Å². The first kappa shape index (κ1) is 63.4. The number of nitrogens with one attached hydrogen (secondary N) is 5. The Balaban J connectivity index is 0.786. The fourth-order valence-electron chi connectivity index (χ4n) is 11.5. The monoisotopic (exact) mass is 1230 g/mol. The van der Waals surface area contributed by atoms with Crippen molar-refractivity contribution in [1.82, 2.24) is 36.1 Å². The number of ether oxygens (including phenoxy) is 1. The number of rotatable bonds is 23. The zero-order valence-corrected chi connectivity index (χ0v) is 50.5. The molecule has 2 aromatic heterocycles. The molecule has 7 amide bonds. The number of aromatic amines is 1. The number of anilines is 1. The van der Waals surface area contributed by atoms with Crippen molar-refractivity contribution in [2.45, 2.75) is 141 Å². The molecule has 460 valence electrons. The van der Waals surface area contributed by atoms with Crippen LogP contribution in [-0.2, 0) is 52.6 Å². The third-order valence-corrected chi connectivity index (χ3v) is 17.9. The first-order chi connectivity index (χ1) is 41.2. The van der Waals surface area contributed by atoms with Gasteiger partial charge in [-0.1, -0.05) is 75.4 Å². The highest BCUT2D eigenvalue weighted by Gasteiger charge is 2.46. The van der Waals surface area contributed by atoms with Gasteiger partial charge in [0.25, 0.3) is 11.4 Å². The number of likely N-dealkylation sites (tertiary alicyclic amines) is 1. The van der Waals surface area contributed by atoms with Gasteiger partial charge in [0.2, 0.25) is 35.4 Å². The summed E-state index contributed by atoms with van der Waals surface area (Å²) >= 11 is 1.54. The van der Waals surface area contributed by atoms with Crippen molar-refractivity contribution in [3.05, 3.63) is 135 Å². The fraction of sp³-hybridized carbons (Fsp3) is 0.403. The van der Waals surface area contributed by atoms with Crippen molar-refractivity contribution in [2.75, 3.05) is 18.1 Å². The number of hydrogen-bond donors (Lipinski definition) is 9. The second-order valence-corrected chi connectivity index (χ2v) is 25.9. The average molecular weight is 1230 g/mol. The van der Waals surface area contributed by atoms with Crippen molar-refractivity contribution in [2.24, 2.45) is 11.1 Å². The van der Waals surface area contributed by atoms with Gasteiger partial charge in [-0.15, -0.1) is 11.3 Å². The number of thiazole rings is 1. The molecule has 0 bridgehead atoms. The zero-order chi connectivity index (χ0) is 62.6. The number of H-pyrrole nitrogens is 1. The van der Waals surface area contributed by atoms with Gasteiger partial charge in [-0.3, -0.25) is 47.8 Å². The lowest BCUT2D eigenvalue weighted by Crippen LogP contribution is -2.57. The summed E-state index contributed by atoms with van der Waals surface area (Å²) in [6.07, 6.45) is 0.464. The molecule has 3 aliphatic heterocycles. The molecule has 3 aliphatic rings. The number of β-amino-alcohol motifs (C(OH)–C–C–N with tert-alkyl or cyclic N) is 1. The van der Waals surface area contributed by atoms with Crippen molar-refractivity contribution in [1.29, 1.82) is 0 Å². The molecule has 0 saturated carbocycles. The molecule has 25 heteroatoms. The number of unbranched alkanes of at least 4 members (excludes halogenated alkanes) is 1. The van der Waals surface area contributed by atoms with Gasteiger partial charge in [-0.05, 0) is 116 Å². The highest BCUT2D eigenvalue weighted by Crippen LogP contribution is 2.41. The maximum Gasteiger partial charge on any atom is 0.396 e. The van der Waals surface area contributed by atoms with Gasteiger partial charge in [0.15, 0.2) is 11.6 Å². The summed E-state index contributed by atoms with van der Waals surface area (Å²) < 4.78 is 33.8. The number of amides is 7. The Morgan fingerprint density at radius 1 is 0.920 bits per heavy atom. The van der Waals surface area contributed by atoms with E-state index in [1.165, 1.54) is 40.1 Å². The molecular weight excluding hydrogens is 1160 g/mol. The van der Waals surface area contributed by atoms with Gasteiger partial charge in [0, 0.05) is 48.7 Å². The smallest absolute Gasteiger partial charge is 0.396 e. The first-order valence-electron chi connectivity index (χ1n) is 28.8. The second kappa shape index (κ2) is 26.4. The molecule has 1 saturated heterocycles. The lowest BCUT2D eigenvalue weighted by atomic mass is 9.85. The van der Waals surface area contributed by atoms with Crippen LogP contribution in [0.4, 0.5) is 10.1 Å². The largest absolute Gasteiger partial charge is 0.488 e. The van der Waals surface area contributed by atoms with Crippen molar-refractivity contribution < 1.29 is 66.9 Å². The fourth-order valence-corrected chi connectivity index (χ4v) is 12.8. The molecule has 0 radical (unpaired) electrons. The van der Waals surface area contributed by atoms with Gasteiger partial charge >= 0.3 is 7.60 Å². The third-order valence-electron chi connectivity index (χ3n) is 16.1. The molecule has 10 N–H and O–H groups in total. The molecule has 9 rings (SSSR count). The Labute approximate surface area is 505 Å². The van der Waals surface area contributed by atoms with Crippen LogP contribution in [0.3, 0.4) is 0 Å². The molecule has 4 aromatic carbocycles. The zero-order valence-electron chi connectivity index (χ0n) is 48.8. The van der Waals surface area contributed by atoms with Crippen LogP contribution in [0.25, 0.3) is 21.3 Å². The predicted molar refractivity (Wildman–Crippen MR) is 322 cm³/mol. The van der Waals surface area contributed by atoms with Crippen LogP contribution in [-0.4, -0.2) is 126 Å². The van der Waals surface area contributed by atoms with E-state index in [0.717, 1.165) is 32.8 Å². The molecule has 5 heterocycles. The Hall–Kier alpha value is -8.15. The number of aromatic nitrogens is 2. The Morgan fingerprint density at radius 2 is 1.64 bits per heavy atom. The topological polar surface area (TPSA) is 333 Å². The van der Waals surface area contributed by atoms with Crippen LogP contribution in [0, 0.1) is 18.2 Å². The molecule has 0 unspecified atom stereocenters. The van der Waals surface area contributed by atoms with Gasteiger partial charge in [-0.2, -0.15) is 0 Å². The number of halogens is 1. The number of fused-ring (bicyclic) bond motifs is 1. The van der Waals surface area contributed by atoms with Crippen LogP contribution in [0.2, 0.25) is 0 Å². The first-order valence-corrected chi connectivity index (χ1v) is 31.3. The van der Waals surface area contributed by atoms with E-state index in [0.29, 0.717) is 35.9 Å². The molecule has 6 aromatic rings. The Bertz CT molecular complexity index is 3690. The Kier molecular flexibility index (Phi) is 19.3. The SMILES string of the molecule is Cc1ncsc1-c1ccc([C@H](C)NC(=O)[C@@H]2C[C@@H](O)CN2C(=O)[C@@H](NC(=O)CCCCc2cccc(OC[C@H](CCC(N)=O)NC(=O)[C@@H]3Cc4cccc5c4N3C(=O)[C@@H](NC(=O)c3cc4cc(C(=O)P(=O)(O)O)ccc4[nH]3)CC5)c2F)C(C)(C)C)cc1. The summed E-state index contributed by atoms with van der Waals surface area (Å²) in [5, 5.41) is 22.6. The second-order valence-electron chi connectivity index (χ2n) is 23.6. The number of aliphatic hydroxyl groups excluding tert-OH is 1. The number of carbonyl (C=O) groups is 8. The minimum atomic E-state index is -5.07. The molecule has 0 aliphatic carbocycles. The van der Waals surface area contributed by atoms with E-state index in [2.05, 4.69) is 31.2 Å². The maximum absolute atomic E-state index is 16.2. The van der Waals surface area contributed by atoms with Crippen LogP contribution in [0.15, 0.2) is 90.4 Å². The van der Waals surface area contributed by atoms with E-state index in [9.17, 15) is 57.8 Å². The van der Waals surface area contributed by atoms with Crippen LogP contribution >= 0.6 is 18.9 Å². The summed E-state index contributed by atoms with van der Waals surface area (Å²) in [5.41, 5.74) is 10.4. The number of nitrogens with zero attached hydrogens (tertiary/aromatic N) is 3. The minimum Gasteiger partial charge on any atom is -0.488 e. The number of carbonyl (C=O) groups excluding carboxylic acids is 8. The summed E-state index contributed by atoms with van der Waals surface area (Å²) in [6, 6.07) is 17.6. The minimum absolute atomic E-state index is 0.00000241. The Morgan fingerprint density at radius 3 is 2.34 bits per heavy atom. The molecule has 87 heavy (non-hydrogen) atoms. The lowest BCUT2D eigenvalue weighted by Gasteiger charge is -2.35. The predicted octanol–water partition coefficient (Wildman–Crippen LogP) is 5.97. The normalized spacial score (nSPS) is 18.5. The van der Waals surface area contributed by atoms with E-state index < -0.39 is 108 Å². The number of primary amides is 1. The van der Waals surface area contributed by atoms with E-state index in [-0.39, 0.29) is 80.7 Å². The van der Waals surface area contributed by atoms with Gasteiger partial charge in [0.1, 0.15) is 36.5 Å². The van der Waals surface area contributed by atoms with E-state index >= 15 is 4.39 Å². The van der Waals surface area contributed by atoms with Crippen molar-refractivity contribution in [3.63, 3.8) is 0 Å². The molecule has 1 fully saturated rings. The lowest BCUT2D eigenvalue weighted by molar-refractivity contribution is -0.144. The van der Waals surface area contributed by atoms with Crippen molar-refractivity contribution in [3.8, 4) is 16.2 Å². The number of benzene rings is 4. The molecule has 0 spiro atoms. The summed E-state index contributed by atoms with van der Waals surface area (Å²) in [5.74, 6) is -4.66. The van der Waals surface area contributed by atoms with Crippen LogP contribution in [0.1, 0.15) is 127 Å². The number of hydrogen-bond acceptors (Lipinski definition) is 13. The maximum atomic E-state index is 16.2. The number of aliphatic hydroxyl groups is 1. The number of nitrogens with two attached hydrogens (primary N) is 1. The molecule has 22 nitrogen and oxygen atoms in total. The summed E-state index contributed by atoms with van der Waals surface area (Å²) in [6.45, 7) is 8.80. The highest BCUT2D eigenvalue weighted by atomic mass is 32.1. The number of para-hydroxylation sites is 1. The average Bonchev–Trinajstić information content (AvgIpc) is 1.66. The quantitative estimate of drug-likeness (QED) is 0.0264. The number of aryl methyl sites for hydroxylation is 3. The standard InChI is InChI=1S/C62H71FN9O13PS/c1-33(35-16-18-38(19-17-35)54-34(2)65-32-87-54)66-57(77)47-29-43(73)30-71(47)60(80)55(62(3,4)5)70-51(75)15-7-6-10-36-11-9-14-49(52(36)63)85-31-42(22-25-50(64)74)67-58(78)48-28-39-13-8-12-37-20-24-45(59(79)72(48)53(37)39)69-56(76)46-27-41-26-40(21-23-44(41)68-46)61(81)86(82,83)84/h8-9,11-14,16-19,21,23,26-27,32-33,42-43,45,47-48,55,68,73H,6-7,10,15,20,22,24-25,28-31H2,1-5H3,(H2,64,74)(H,66,77)(H,67,78)(H,69,76)(H,70,75)(H2,82,83,84)/t33-,42-,43+,45-,47-,48-,55+/m0/s1. The van der Waals surface area contributed by atoms with Gasteiger partial charge < -0.3 is 56.5 Å². The summed E-state index contributed by atoms with van der Waals surface area (Å²) in [7, 11) is -5.07. The third kappa shape index (κ3) is 14.7. The molecular formula is C62H71FN9O13PS. The van der Waals surface area contributed by atoms with E-state index in [4.69, 9.17) is 10.5 Å². The van der Waals surface area contributed by atoms with Crippen LogP contribution in [0.5, 0.6) is 5.75 Å². The van der Waals surface area contributed by atoms with Crippen LogP contribution < -0.4 is 36.6 Å². The van der Waals surface area contributed by atoms with Crippen molar-refractivity contribution >= 4 is 82.4 Å². The van der Waals surface area contributed by atoms with Gasteiger partial charge in [0.05, 0.1) is 40.0 Å². The summed E-state index contributed by atoms with van der Waals surface area (Å²) in [4.78, 5) is 138. The molecule has 7 atom stereocenters. The van der Waals surface area contributed by atoms with Gasteiger partial charge in [-0.25, -0.2) is 9.37 Å². The van der Waals surface area contributed by atoms with E-state index in [1.54, 1.807) is 55.8 Å².